The molecule has 1 fully saturated rings. The number of ether oxygens (including phenoxy) is 3. The summed E-state index contributed by atoms with van der Waals surface area (Å²) in [7, 11) is 0. The van der Waals surface area contributed by atoms with Gasteiger partial charge in [0.15, 0.2) is 6.10 Å². The molecule has 0 aromatic rings. The van der Waals surface area contributed by atoms with E-state index in [0.29, 0.717) is 0 Å². The molecule has 8 nitrogen and oxygen atoms in total. The van der Waals surface area contributed by atoms with E-state index >= 15 is 0 Å². The number of alkyl halides is 1. The van der Waals surface area contributed by atoms with Crippen LogP contribution >= 0.6 is 11.6 Å². The monoisotopic (exact) mass is 323 g/mol. The zero-order valence-electron chi connectivity index (χ0n) is 11.9. The van der Waals surface area contributed by atoms with Crippen LogP contribution in [0.3, 0.4) is 0 Å². The van der Waals surface area contributed by atoms with Crippen molar-refractivity contribution in [1.29, 1.82) is 0 Å². The molecule has 9 heteroatoms. The van der Waals surface area contributed by atoms with Crippen LogP contribution in [0.5, 0.6) is 0 Å². The molecular weight excluding hydrogens is 306 g/mol. The zero-order chi connectivity index (χ0) is 16.2. The first-order chi connectivity index (χ1) is 9.67. The van der Waals surface area contributed by atoms with Crippen LogP contribution in [-0.2, 0) is 28.6 Å². The van der Waals surface area contributed by atoms with Crippen LogP contribution in [0.2, 0.25) is 0 Å². The van der Waals surface area contributed by atoms with E-state index in [9.17, 15) is 19.5 Å². The Morgan fingerprint density at radius 3 is 2.38 bits per heavy atom. The highest BCUT2D eigenvalue weighted by atomic mass is 35.5. The van der Waals surface area contributed by atoms with Gasteiger partial charge in [0.25, 0.3) is 5.91 Å². The highest BCUT2D eigenvalue weighted by molar-refractivity contribution is 6.27. The van der Waals surface area contributed by atoms with Crippen LogP contribution in [0.1, 0.15) is 27.2 Å². The fourth-order valence-corrected chi connectivity index (χ4v) is 2.09. The molecule has 21 heavy (non-hydrogen) atoms. The summed E-state index contributed by atoms with van der Waals surface area (Å²) < 4.78 is 15.3. The van der Waals surface area contributed by atoms with Crippen molar-refractivity contribution in [3.63, 3.8) is 0 Å². The van der Waals surface area contributed by atoms with Gasteiger partial charge in [-0.3, -0.25) is 14.4 Å². The molecule has 0 radical (unpaired) electrons. The van der Waals surface area contributed by atoms with E-state index in [2.05, 4.69) is 5.32 Å². The van der Waals surface area contributed by atoms with Gasteiger partial charge < -0.3 is 24.6 Å². The van der Waals surface area contributed by atoms with Crippen molar-refractivity contribution in [1.82, 2.24) is 5.32 Å². The van der Waals surface area contributed by atoms with Crippen molar-refractivity contribution in [3.05, 3.63) is 0 Å². The number of carbonyl (C=O) groups excluding carboxylic acids is 3. The molecule has 0 aliphatic carbocycles. The molecule has 0 aromatic heterocycles. The van der Waals surface area contributed by atoms with Crippen molar-refractivity contribution in [2.75, 3.05) is 5.88 Å². The third-order valence-corrected chi connectivity index (χ3v) is 3.08. The second-order valence-electron chi connectivity index (χ2n) is 4.68. The number of aliphatic hydroxyl groups is 1. The van der Waals surface area contributed by atoms with Gasteiger partial charge in [0.05, 0.1) is 6.10 Å². The molecule has 0 saturated carbocycles. The lowest BCUT2D eigenvalue weighted by atomic mass is 10.00. The molecule has 1 rings (SSSR count). The first kappa shape index (κ1) is 17.7. The van der Waals surface area contributed by atoms with Gasteiger partial charge >= 0.3 is 11.9 Å². The second kappa shape index (κ2) is 7.06. The first-order valence-electron chi connectivity index (χ1n) is 6.29. The van der Waals surface area contributed by atoms with Crippen LogP contribution in [0, 0.1) is 0 Å². The van der Waals surface area contributed by atoms with E-state index in [1.807, 2.05) is 0 Å². The van der Waals surface area contributed by atoms with Crippen LogP contribution in [0.4, 0.5) is 0 Å². The molecule has 1 aliphatic heterocycles. The second-order valence-corrected chi connectivity index (χ2v) is 4.95. The van der Waals surface area contributed by atoms with E-state index in [4.69, 9.17) is 25.8 Å². The summed E-state index contributed by atoms with van der Waals surface area (Å²) in [4.78, 5) is 33.5. The number of carbonyl (C=O) groups is 3. The summed E-state index contributed by atoms with van der Waals surface area (Å²) >= 11 is 5.36. The highest BCUT2D eigenvalue weighted by Gasteiger charge is 2.51. The van der Waals surface area contributed by atoms with E-state index in [0.717, 1.165) is 6.92 Å². The maximum absolute atomic E-state index is 11.4. The average Bonchev–Trinajstić information content (AvgIpc) is 2.34. The van der Waals surface area contributed by atoms with Gasteiger partial charge in [0, 0.05) is 20.3 Å². The SMILES string of the molecule is CC(=O)O[C@H]1C[C@H](OC(C)=O)[C@](O)(NC(=O)CCl)O[C@@H]1C. The normalized spacial score (nSPS) is 32.1. The minimum absolute atomic E-state index is 0.0284. The van der Waals surface area contributed by atoms with E-state index in [-0.39, 0.29) is 6.42 Å². The molecule has 2 N–H and O–H groups in total. The van der Waals surface area contributed by atoms with Gasteiger partial charge in [-0.25, -0.2) is 0 Å². The quantitative estimate of drug-likeness (QED) is 0.413. The average molecular weight is 324 g/mol. The fourth-order valence-electron chi connectivity index (χ4n) is 2.03. The Bertz CT molecular complexity index is 430. The Morgan fingerprint density at radius 1 is 1.33 bits per heavy atom. The van der Waals surface area contributed by atoms with Crippen LogP contribution in [-0.4, -0.2) is 53.1 Å². The van der Waals surface area contributed by atoms with Crippen molar-refractivity contribution < 1.29 is 33.7 Å². The van der Waals surface area contributed by atoms with Crippen LogP contribution < -0.4 is 5.32 Å². The van der Waals surface area contributed by atoms with Gasteiger partial charge in [0.2, 0.25) is 5.91 Å². The number of hydrogen-bond acceptors (Lipinski definition) is 7. The third-order valence-electron chi connectivity index (χ3n) is 2.84. The number of rotatable bonds is 4. The van der Waals surface area contributed by atoms with Gasteiger partial charge in [0.1, 0.15) is 12.0 Å². The van der Waals surface area contributed by atoms with Gasteiger partial charge in [-0.2, -0.15) is 0 Å². The molecule has 1 saturated heterocycles. The summed E-state index contributed by atoms with van der Waals surface area (Å²) in [6, 6.07) is 0. The summed E-state index contributed by atoms with van der Waals surface area (Å²) in [6.07, 6.45) is -2.71. The third kappa shape index (κ3) is 4.83. The number of hydrogen-bond donors (Lipinski definition) is 2. The van der Waals surface area contributed by atoms with E-state index in [1.54, 1.807) is 6.92 Å². The number of nitrogens with one attached hydrogen (secondary N) is 1. The Balaban J connectivity index is 2.93. The van der Waals surface area contributed by atoms with Crippen molar-refractivity contribution in [2.24, 2.45) is 0 Å². The predicted molar refractivity (Wildman–Crippen MR) is 70.1 cm³/mol. The lowest BCUT2D eigenvalue weighted by molar-refractivity contribution is -0.329. The molecule has 1 aliphatic rings. The number of esters is 2. The fraction of sp³-hybridized carbons (Fsp3) is 0.750. The molecule has 120 valence electrons. The van der Waals surface area contributed by atoms with E-state index < -0.39 is 47.9 Å². The Kier molecular flexibility index (Phi) is 5.94. The number of amides is 1. The van der Waals surface area contributed by atoms with Crippen molar-refractivity contribution in [3.8, 4) is 0 Å². The maximum atomic E-state index is 11.4. The lowest BCUT2D eigenvalue weighted by Gasteiger charge is -2.44. The minimum atomic E-state index is -2.23. The molecule has 0 unspecified atom stereocenters. The minimum Gasteiger partial charge on any atom is -0.460 e. The molecule has 0 spiro atoms. The van der Waals surface area contributed by atoms with Gasteiger partial charge in [-0.15, -0.1) is 11.6 Å². The smallest absolute Gasteiger partial charge is 0.303 e. The Morgan fingerprint density at radius 2 is 1.90 bits per heavy atom. The molecule has 0 bridgehead atoms. The topological polar surface area (TPSA) is 111 Å². The maximum Gasteiger partial charge on any atom is 0.303 e. The molecule has 4 atom stereocenters. The van der Waals surface area contributed by atoms with Gasteiger partial charge in [-0.1, -0.05) is 0 Å². The largest absolute Gasteiger partial charge is 0.460 e. The number of halogens is 1. The van der Waals surface area contributed by atoms with E-state index in [1.165, 1.54) is 6.92 Å². The van der Waals surface area contributed by atoms with Crippen LogP contribution in [0.25, 0.3) is 0 Å². The molecule has 1 amide bonds. The van der Waals surface area contributed by atoms with Crippen molar-refractivity contribution in [2.45, 2.75) is 51.4 Å². The molecular formula is C12H18ClNO7. The summed E-state index contributed by atoms with van der Waals surface area (Å²) in [5.41, 5.74) is 0. The van der Waals surface area contributed by atoms with Crippen LogP contribution in [0.15, 0.2) is 0 Å². The summed E-state index contributed by atoms with van der Waals surface area (Å²) in [5.74, 6) is -4.55. The molecule has 1 heterocycles. The first-order valence-corrected chi connectivity index (χ1v) is 6.83. The standard InChI is InChI=1S/C12H18ClNO7/c1-6-9(19-7(2)15)4-10(20-8(3)16)12(18,21-6)14-11(17)5-13/h6,9-10,18H,4-5H2,1-3H3,(H,14,17)/t6-,9+,10+,12-/m1/s1. The van der Waals surface area contributed by atoms with Crippen molar-refractivity contribution >= 4 is 29.4 Å². The Hall–Kier alpha value is -1.38. The molecule has 0 aromatic carbocycles. The predicted octanol–water partition coefficient (Wildman–Crippen LogP) is -0.340. The van der Waals surface area contributed by atoms with Gasteiger partial charge in [-0.05, 0) is 6.92 Å². The lowest BCUT2D eigenvalue weighted by Crippen LogP contribution is -2.66. The Labute approximate surface area is 126 Å². The zero-order valence-corrected chi connectivity index (χ0v) is 12.7. The summed E-state index contributed by atoms with van der Waals surface area (Å²) in [5, 5.41) is 12.5. The highest BCUT2D eigenvalue weighted by Crippen LogP contribution is 2.30. The summed E-state index contributed by atoms with van der Waals surface area (Å²) in [6.45, 7) is 3.92.